The summed E-state index contributed by atoms with van der Waals surface area (Å²) >= 11 is 6.66. The number of carbonyl (C=O) groups is 1. The van der Waals surface area contributed by atoms with E-state index in [0.29, 0.717) is 61.6 Å². The number of hydrogen-bond donors (Lipinski definition) is 2. The van der Waals surface area contributed by atoms with Crippen LogP contribution < -0.4 is 15.4 Å². The third-order valence-electron chi connectivity index (χ3n) is 7.65. The Labute approximate surface area is 230 Å². The number of aryl methyl sites for hydroxylation is 1. The number of aromatic nitrogens is 3. The summed E-state index contributed by atoms with van der Waals surface area (Å²) in [6, 6.07) is 1.26. The van der Waals surface area contributed by atoms with E-state index < -0.39 is 27.8 Å². The number of amides is 1. The van der Waals surface area contributed by atoms with E-state index in [4.69, 9.17) is 16.3 Å². The molecule has 1 amide bonds. The van der Waals surface area contributed by atoms with Crippen LogP contribution in [0.5, 0.6) is 5.75 Å². The van der Waals surface area contributed by atoms with Crippen LogP contribution in [0.1, 0.15) is 55.9 Å². The molecule has 0 saturated heterocycles. The van der Waals surface area contributed by atoms with Crippen molar-refractivity contribution in [1.82, 2.24) is 20.1 Å². The zero-order valence-electron chi connectivity index (χ0n) is 22.0. The number of halogens is 4. The predicted octanol–water partition coefficient (Wildman–Crippen LogP) is 4.71. The lowest BCUT2D eigenvalue weighted by atomic mass is 9.80. The molecular formula is C25H33ClF3N5O4S. The summed E-state index contributed by atoms with van der Waals surface area (Å²) in [5.74, 6) is -0.812. The maximum atomic E-state index is 13.0. The van der Waals surface area contributed by atoms with Gasteiger partial charge in [0, 0.05) is 37.7 Å². The Hall–Kier alpha value is -2.54. The van der Waals surface area contributed by atoms with Crippen LogP contribution in [0.4, 0.5) is 19.0 Å². The second kappa shape index (κ2) is 11.5. The highest BCUT2D eigenvalue weighted by Crippen LogP contribution is 2.43. The number of anilines is 1. The van der Waals surface area contributed by atoms with Gasteiger partial charge < -0.3 is 15.4 Å². The van der Waals surface area contributed by atoms with E-state index in [2.05, 4.69) is 20.7 Å². The van der Waals surface area contributed by atoms with Gasteiger partial charge in [0.05, 0.1) is 34.6 Å². The first-order chi connectivity index (χ1) is 18.3. The minimum atomic E-state index is -4.19. The molecule has 2 aliphatic carbocycles. The average molecular weight is 592 g/mol. The van der Waals surface area contributed by atoms with Gasteiger partial charge in [0.2, 0.25) is 0 Å². The van der Waals surface area contributed by atoms with Gasteiger partial charge in [-0.2, -0.15) is 18.3 Å². The van der Waals surface area contributed by atoms with Crippen molar-refractivity contribution in [3.63, 3.8) is 0 Å². The van der Waals surface area contributed by atoms with Crippen LogP contribution in [0.3, 0.4) is 0 Å². The lowest BCUT2D eigenvalue weighted by Crippen LogP contribution is -2.43. The van der Waals surface area contributed by atoms with Crippen molar-refractivity contribution in [2.24, 2.45) is 11.8 Å². The SMILES string of the molecule is CCn1nc(C(=O)NC[C@H]2CC[C@H](S(C)(=O)=O)CC2)c(Cl)c1-c1cnc(N[C@H]2C[C@H](C(F)(F)F)C2)cc1OC. The summed E-state index contributed by atoms with van der Waals surface area (Å²) in [4.78, 5) is 17.4. The van der Waals surface area contributed by atoms with Gasteiger partial charge >= 0.3 is 6.18 Å². The quantitative estimate of drug-likeness (QED) is 0.434. The first-order valence-electron chi connectivity index (χ1n) is 12.9. The molecule has 2 N–H and O–H groups in total. The summed E-state index contributed by atoms with van der Waals surface area (Å²) < 4.78 is 69.1. The van der Waals surface area contributed by atoms with Gasteiger partial charge in [0.1, 0.15) is 21.4 Å². The van der Waals surface area contributed by atoms with E-state index >= 15 is 0 Å². The molecule has 216 valence electrons. The van der Waals surface area contributed by atoms with Crippen molar-refractivity contribution in [2.75, 3.05) is 25.2 Å². The van der Waals surface area contributed by atoms with Crippen molar-refractivity contribution >= 4 is 33.2 Å². The van der Waals surface area contributed by atoms with E-state index in [1.54, 1.807) is 10.7 Å². The molecule has 14 heteroatoms. The maximum absolute atomic E-state index is 13.0. The fraction of sp³-hybridized carbons (Fsp3) is 0.640. The number of methoxy groups -OCH3 is 1. The third-order valence-corrected chi connectivity index (χ3v) is 9.69. The van der Waals surface area contributed by atoms with Gasteiger partial charge in [-0.15, -0.1) is 0 Å². The zero-order valence-corrected chi connectivity index (χ0v) is 23.6. The van der Waals surface area contributed by atoms with Gasteiger partial charge in [-0.1, -0.05) is 11.6 Å². The van der Waals surface area contributed by atoms with E-state index in [-0.39, 0.29) is 40.8 Å². The minimum Gasteiger partial charge on any atom is -0.496 e. The summed E-state index contributed by atoms with van der Waals surface area (Å²) in [6.45, 7) is 2.64. The Bertz CT molecular complexity index is 1300. The molecule has 9 nitrogen and oxygen atoms in total. The van der Waals surface area contributed by atoms with E-state index in [1.807, 2.05) is 6.92 Å². The van der Waals surface area contributed by atoms with Gasteiger partial charge in [-0.3, -0.25) is 9.48 Å². The molecule has 2 fully saturated rings. The standard InChI is InChI=1S/C25H33ClF3N5O4S/c1-4-34-23(18-13-30-20(11-19(18)38-2)32-16-9-15(10-16)25(27,28)29)21(26)22(33-34)24(35)31-12-14-5-7-17(8-6-14)39(3,36)37/h11,13-17H,4-10,12H2,1-3H3,(H,30,32)(H,31,35)/t14-,15-,16-,17-. The summed E-state index contributed by atoms with van der Waals surface area (Å²) in [6.07, 6.45) is 1.12. The Morgan fingerprint density at radius 3 is 2.46 bits per heavy atom. The second-order valence-corrected chi connectivity index (χ2v) is 13.0. The molecule has 0 aliphatic heterocycles. The molecule has 2 aromatic heterocycles. The normalized spacial score (nSPS) is 23.7. The number of pyridine rings is 1. The number of sulfone groups is 1. The lowest BCUT2D eigenvalue weighted by molar-refractivity contribution is -0.195. The molecule has 2 aliphatic rings. The van der Waals surface area contributed by atoms with E-state index in [1.165, 1.54) is 19.6 Å². The molecule has 0 unspecified atom stereocenters. The topological polar surface area (TPSA) is 115 Å². The van der Waals surface area contributed by atoms with Crippen LogP contribution in [0.25, 0.3) is 11.3 Å². The van der Waals surface area contributed by atoms with Crippen LogP contribution in [0.2, 0.25) is 5.02 Å². The molecular weight excluding hydrogens is 559 g/mol. The van der Waals surface area contributed by atoms with Gasteiger partial charge in [-0.25, -0.2) is 13.4 Å². The molecule has 2 heterocycles. The molecule has 0 bridgehead atoms. The van der Waals surface area contributed by atoms with Crippen molar-refractivity contribution in [1.29, 1.82) is 0 Å². The van der Waals surface area contributed by atoms with Crippen LogP contribution >= 0.6 is 11.6 Å². The van der Waals surface area contributed by atoms with Crippen molar-refractivity contribution in [2.45, 2.75) is 69.5 Å². The fourth-order valence-corrected chi connectivity index (χ4v) is 6.68. The Balaban J connectivity index is 1.45. The van der Waals surface area contributed by atoms with Gasteiger partial charge in [-0.05, 0) is 51.4 Å². The molecule has 0 spiro atoms. The number of nitrogens with zero attached hydrogens (tertiary/aromatic N) is 3. The van der Waals surface area contributed by atoms with Crippen molar-refractivity contribution in [3.8, 4) is 17.0 Å². The predicted molar refractivity (Wildman–Crippen MR) is 142 cm³/mol. The summed E-state index contributed by atoms with van der Waals surface area (Å²) in [7, 11) is -1.60. The van der Waals surface area contributed by atoms with Crippen molar-refractivity contribution in [3.05, 3.63) is 23.0 Å². The number of alkyl halides is 3. The Kier molecular flexibility index (Phi) is 8.70. The van der Waals surface area contributed by atoms with Crippen LogP contribution in [-0.2, 0) is 16.4 Å². The molecule has 0 radical (unpaired) electrons. The lowest BCUT2D eigenvalue weighted by Gasteiger charge is -2.37. The number of nitrogens with one attached hydrogen (secondary N) is 2. The third kappa shape index (κ3) is 6.62. The number of hydrogen-bond acceptors (Lipinski definition) is 7. The minimum absolute atomic E-state index is 0.0126. The smallest absolute Gasteiger partial charge is 0.391 e. The maximum Gasteiger partial charge on any atom is 0.391 e. The van der Waals surface area contributed by atoms with Crippen LogP contribution in [0, 0.1) is 11.8 Å². The highest BCUT2D eigenvalue weighted by molar-refractivity contribution is 7.91. The zero-order chi connectivity index (χ0) is 28.5. The average Bonchev–Trinajstić information content (AvgIpc) is 3.19. The number of rotatable bonds is 9. The van der Waals surface area contributed by atoms with E-state index in [0.717, 1.165) is 0 Å². The fourth-order valence-electron chi connectivity index (χ4n) is 5.23. The van der Waals surface area contributed by atoms with Crippen LogP contribution in [-0.4, -0.2) is 66.5 Å². The Morgan fingerprint density at radius 2 is 1.90 bits per heavy atom. The number of carbonyl (C=O) groups excluding carboxylic acids is 1. The van der Waals surface area contributed by atoms with Gasteiger partial charge in [0.15, 0.2) is 5.69 Å². The molecule has 2 aromatic rings. The molecule has 0 aromatic carbocycles. The van der Waals surface area contributed by atoms with Crippen LogP contribution in [0.15, 0.2) is 12.3 Å². The van der Waals surface area contributed by atoms with Gasteiger partial charge in [0.25, 0.3) is 5.91 Å². The molecule has 4 rings (SSSR count). The molecule has 39 heavy (non-hydrogen) atoms. The molecule has 2 saturated carbocycles. The summed E-state index contributed by atoms with van der Waals surface area (Å²) in [5.41, 5.74) is 0.979. The molecule has 0 atom stereocenters. The monoisotopic (exact) mass is 591 g/mol. The van der Waals surface area contributed by atoms with E-state index in [9.17, 15) is 26.4 Å². The first kappa shape index (κ1) is 29.4. The highest BCUT2D eigenvalue weighted by atomic mass is 35.5. The largest absolute Gasteiger partial charge is 0.496 e. The first-order valence-corrected chi connectivity index (χ1v) is 15.3. The van der Waals surface area contributed by atoms with Crippen molar-refractivity contribution < 1.29 is 31.1 Å². The summed E-state index contributed by atoms with van der Waals surface area (Å²) in [5, 5.41) is 10.1. The Morgan fingerprint density at radius 1 is 1.23 bits per heavy atom. The highest BCUT2D eigenvalue weighted by Gasteiger charge is 2.48. The number of ether oxygens (including phenoxy) is 1. The second-order valence-electron chi connectivity index (χ2n) is 10.3.